The van der Waals surface area contributed by atoms with Crippen LogP contribution in [0, 0.1) is 0 Å². The lowest BCUT2D eigenvalue weighted by molar-refractivity contribution is 0.598. The summed E-state index contributed by atoms with van der Waals surface area (Å²) in [4.78, 5) is -0.0835. The van der Waals surface area contributed by atoms with Crippen LogP contribution >= 0.6 is 0 Å². The van der Waals surface area contributed by atoms with Crippen LogP contribution in [0.4, 0.5) is 11.4 Å². The number of nitrogen functional groups attached to an aromatic ring is 1. The molecule has 0 aliphatic rings. The number of nitrogens with one attached hydrogen (secondary N) is 1. The predicted octanol–water partition coefficient (Wildman–Crippen LogP) is 0.140. The van der Waals surface area contributed by atoms with Crippen LogP contribution in [0.1, 0.15) is 12.7 Å². The first-order valence-electron chi connectivity index (χ1n) is 5.94. The third kappa shape index (κ3) is 3.06. The fourth-order valence-corrected chi connectivity index (χ4v) is 2.42. The van der Waals surface area contributed by atoms with Gasteiger partial charge in [0.15, 0.2) is 5.82 Å². The summed E-state index contributed by atoms with van der Waals surface area (Å²) in [5, 5.41) is 16.0. The summed E-state index contributed by atoms with van der Waals surface area (Å²) < 4.78 is 24.4. The molecule has 0 radical (unpaired) electrons. The van der Waals surface area contributed by atoms with Gasteiger partial charge in [-0.2, -0.15) is 0 Å². The average Bonchev–Trinajstić information content (AvgIpc) is 2.82. The van der Waals surface area contributed by atoms with Gasteiger partial charge in [-0.3, -0.25) is 0 Å². The van der Waals surface area contributed by atoms with E-state index in [0.717, 1.165) is 12.4 Å². The average molecular weight is 296 g/mol. The second kappa shape index (κ2) is 5.47. The van der Waals surface area contributed by atoms with Crippen molar-refractivity contribution < 1.29 is 8.42 Å². The molecule has 5 N–H and O–H groups in total. The van der Waals surface area contributed by atoms with Crippen LogP contribution in [0.15, 0.2) is 29.4 Å². The van der Waals surface area contributed by atoms with Crippen LogP contribution in [-0.2, 0) is 23.1 Å². The Labute approximate surface area is 116 Å². The standard InChI is InChI=1S/C11H16N6O2S/c1-2-17-7-15-16-11(17)6-14-8-3-4-10(9(12)5-8)20(13,18)19/h3-5,7,14H,2,6,12H2,1H3,(H2,13,18,19). The zero-order chi connectivity index (χ0) is 14.8. The molecule has 0 amide bonds. The van der Waals surface area contributed by atoms with Crippen molar-refractivity contribution in [1.29, 1.82) is 0 Å². The van der Waals surface area contributed by atoms with E-state index in [1.807, 2.05) is 11.5 Å². The minimum atomic E-state index is -3.80. The molecule has 8 nitrogen and oxygen atoms in total. The largest absolute Gasteiger partial charge is 0.398 e. The second-order valence-corrected chi connectivity index (χ2v) is 5.71. The van der Waals surface area contributed by atoms with Gasteiger partial charge in [0.05, 0.1) is 12.2 Å². The van der Waals surface area contributed by atoms with E-state index in [-0.39, 0.29) is 10.6 Å². The molecule has 0 bridgehead atoms. The summed E-state index contributed by atoms with van der Waals surface area (Å²) in [6, 6.07) is 4.49. The molecule has 0 spiro atoms. The number of aryl methyl sites for hydroxylation is 1. The maximum absolute atomic E-state index is 11.2. The van der Waals surface area contributed by atoms with Crippen LogP contribution in [-0.4, -0.2) is 23.2 Å². The molecule has 0 fully saturated rings. The van der Waals surface area contributed by atoms with Gasteiger partial charge in [0.2, 0.25) is 10.0 Å². The summed E-state index contributed by atoms with van der Waals surface area (Å²) in [7, 11) is -3.80. The van der Waals surface area contributed by atoms with Crippen molar-refractivity contribution in [1.82, 2.24) is 14.8 Å². The maximum atomic E-state index is 11.2. The topological polar surface area (TPSA) is 129 Å². The molecule has 0 aliphatic carbocycles. The third-order valence-corrected chi connectivity index (χ3v) is 3.79. The molecule has 0 unspecified atom stereocenters. The summed E-state index contributed by atoms with van der Waals surface area (Å²) in [5.41, 5.74) is 6.47. The molecule has 2 rings (SSSR count). The number of rotatable bonds is 5. The highest BCUT2D eigenvalue weighted by Crippen LogP contribution is 2.21. The highest BCUT2D eigenvalue weighted by molar-refractivity contribution is 7.89. The van der Waals surface area contributed by atoms with Gasteiger partial charge in [-0.05, 0) is 25.1 Å². The maximum Gasteiger partial charge on any atom is 0.240 e. The summed E-state index contributed by atoms with van der Waals surface area (Å²) in [6.07, 6.45) is 1.65. The Morgan fingerprint density at radius 2 is 2.15 bits per heavy atom. The molecule has 0 atom stereocenters. The fraction of sp³-hybridized carbons (Fsp3) is 0.273. The molecular weight excluding hydrogens is 280 g/mol. The first-order chi connectivity index (χ1) is 9.41. The number of sulfonamides is 1. The second-order valence-electron chi connectivity index (χ2n) is 4.18. The molecule has 2 aromatic rings. The van der Waals surface area contributed by atoms with Crippen molar-refractivity contribution in [3.05, 3.63) is 30.4 Å². The van der Waals surface area contributed by atoms with Crippen LogP contribution < -0.4 is 16.2 Å². The van der Waals surface area contributed by atoms with Crippen molar-refractivity contribution in [2.75, 3.05) is 11.1 Å². The van der Waals surface area contributed by atoms with E-state index in [9.17, 15) is 8.42 Å². The minimum Gasteiger partial charge on any atom is -0.398 e. The smallest absolute Gasteiger partial charge is 0.240 e. The quantitative estimate of drug-likeness (QED) is 0.673. The summed E-state index contributed by atoms with van der Waals surface area (Å²) >= 11 is 0. The minimum absolute atomic E-state index is 0.0835. The Balaban J connectivity index is 2.14. The number of primary sulfonamides is 1. The van der Waals surface area contributed by atoms with Crippen molar-refractivity contribution in [2.24, 2.45) is 5.14 Å². The normalized spacial score (nSPS) is 11.5. The van der Waals surface area contributed by atoms with Gasteiger partial charge in [-0.1, -0.05) is 0 Å². The number of nitrogens with zero attached hydrogens (tertiary/aromatic N) is 3. The van der Waals surface area contributed by atoms with Gasteiger partial charge in [0, 0.05) is 12.2 Å². The Morgan fingerprint density at radius 3 is 2.75 bits per heavy atom. The van der Waals surface area contributed by atoms with Gasteiger partial charge >= 0.3 is 0 Å². The molecular formula is C11H16N6O2S. The van der Waals surface area contributed by atoms with E-state index in [0.29, 0.717) is 12.2 Å². The van der Waals surface area contributed by atoms with Gasteiger partial charge in [-0.15, -0.1) is 10.2 Å². The van der Waals surface area contributed by atoms with E-state index >= 15 is 0 Å². The Morgan fingerprint density at radius 1 is 1.40 bits per heavy atom. The number of hydrogen-bond acceptors (Lipinski definition) is 6. The van der Waals surface area contributed by atoms with E-state index in [2.05, 4.69) is 15.5 Å². The highest BCUT2D eigenvalue weighted by Gasteiger charge is 2.12. The number of benzene rings is 1. The molecule has 9 heteroatoms. The number of aromatic nitrogens is 3. The Kier molecular flexibility index (Phi) is 3.91. The highest BCUT2D eigenvalue weighted by atomic mass is 32.2. The molecule has 0 saturated carbocycles. The van der Waals surface area contributed by atoms with Crippen molar-refractivity contribution in [3.8, 4) is 0 Å². The summed E-state index contributed by atoms with van der Waals surface area (Å²) in [6.45, 7) is 3.23. The third-order valence-electron chi connectivity index (χ3n) is 2.80. The van der Waals surface area contributed by atoms with Crippen LogP contribution in [0.5, 0.6) is 0 Å². The molecule has 1 aromatic carbocycles. The molecule has 108 valence electrons. The lowest BCUT2D eigenvalue weighted by atomic mass is 10.3. The fourth-order valence-electron chi connectivity index (χ4n) is 1.78. The molecule has 0 aliphatic heterocycles. The first-order valence-corrected chi connectivity index (χ1v) is 7.49. The van der Waals surface area contributed by atoms with Gasteiger partial charge in [0.25, 0.3) is 0 Å². The molecule has 1 heterocycles. The van der Waals surface area contributed by atoms with Crippen LogP contribution in [0.25, 0.3) is 0 Å². The SMILES string of the molecule is CCn1cnnc1CNc1ccc(S(N)(=O)=O)c(N)c1. The zero-order valence-electron chi connectivity index (χ0n) is 10.9. The van der Waals surface area contributed by atoms with E-state index in [1.165, 1.54) is 12.1 Å². The van der Waals surface area contributed by atoms with E-state index in [4.69, 9.17) is 10.9 Å². The predicted molar refractivity (Wildman–Crippen MR) is 75.3 cm³/mol. The lowest BCUT2D eigenvalue weighted by Crippen LogP contribution is -2.14. The molecule has 1 aromatic heterocycles. The van der Waals surface area contributed by atoms with Crippen molar-refractivity contribution in [3.63, 3.8) is 0 Å². The van der Waals surface area contributed by atoms with Gasteiger partial charge in [0.1, 0.15) is 11.2 Å². The van der Waals surface area contributed by atoms with Gasteiger partial charge < -0.3 is 15.6 Å². The Hall–Kier alpha value is -2.13. The zero-order valence-corrected chi connectivity index (χ0v) is 11.8. The van der Waals surface area contributed by atoms with Crippen molar-refractivity contribution in [2.45, 2.75) is 24.9 Å². The van der Waals surface area contributed by atoms with E-state index < -0.39 is 10.0 Å². The van der Waals surface area contributed by atoms with Gasteiger partial charge in [-0.25, -0.2) is 13.6 Å². The summed E-state index contributed by atoms with van der Waals surface area (Å²) in [5.74, 6) is 0.779. The number of hydrogen-bond donors (Lipinski definition) is 3. The molecule has 0 saturated heterocycles. The number of anilines is 2. The van der Waals surface area contributed by atoms with Crippen LogP contribution in [0.2, 0.25) is 0 Å². The Bertz CT molecular complexity index is 709. The van der Waals surface area contributed by atoms with Crippen molar-refractivity contribution >= 4 is 21.4 Å². The first kappa shape index (κ1) is 14.3. The molecule has 20 heavy (non-hydrogen) atoms. The monoisotopic (exact) mass is 296 g/mol. The lowest BCUT2D eigenvalue weighted by Gasteiger charge is -2.09. The van der Waals surface area contributed by atoms with E-state index in [1.54, 1.807) is 12.4 Å². The number of nitrogens with two attached hydrogens (primary N) is 2. The van der Waals surface area contributed by atoms with Crippen LogP contribution in [0.3, 0.4) is 0 Å².